The average molecular weight is 832 g/mol. The first-order chi connectivity index (χ1) is 27.4. The third-order valence-electron chi connectivity index (χ3n) is 12.8. The molecule has 0 unspecified atom stereocenters. The van der Waals surface area contributed by atoms with Crippen molar-refractivity contribution in [1.82, 2.24) is 24.8 Å². The lowest BCUT2D eigenvalue weighted by Gasteiger charge is -2.37. The number of rotatable bonds is 5. The molecule has 2 saturated carbocycles. The Labute approximate surface area is 334 Å². The van der Waals surface area contributed by atoms with Gasteiger partial charge in [0, 0.05) is 23.3 Å². The number of hydrogen-bond acceptors (Lipinski definition) is 10. The largest absolute Gasteiger partial charge is 0.573 e. The van der Waals surface area contributed by atoms with E-state index in [-0.39, 0.29) is 38.3 Å². The molecule has 14 nitrogen and oxygen atoms in total. The molecule has 1 aromatic heterocycles. The fourth-order valence-electron chi connectivity index (χ4n) is 8.84. The topological polar surface area (TPSA) is 173 Å². The number of alkyl halides is 3. The van der Waals surface area contributed by atoms with Crippen LogP contribution in [0.25, 0.3) is 10.9 Å². The molecule has 2 saturated heterocycles. The highest BCUT2D eigenvalue weighted by molar-refractivity contribution is 7.91. The third kappa shape index (κ3) is 7.12. The molecule has 4 amide bonds. The Morgan fingerprint density at radius 2 is 1.83 bits per heavy atom. The van der Waals surface area contributed by atoms with Crippen molar-refractivity contribution in [2.75, 3.05) is 6.54 Å². The number of carbonyl (C=O) groups is 4. The molecule has 18 heteroatoms. The number of pyridine rings is 1. The van der Waals surface area contributed by atoms with Gasteiger partial charge < -0.3 is 29.7 Å². The highest BCUT2D eigenvalue weighted by Gasteiger charge is 2.76. The van der Waals surface area contributed by atoms with Gasteiger partial charge in [0.1, 0.15) is 35.3 Å². The van der Waals surface area contributed by atoms with Crippen LogP contribution in [-0.4, -0.2) is 93.5 Å². The number of aromatic nitrogens is 1. The number of allylic oxidation sites excluding steroid dienone is 1. The zero-order valence-electron chi connectivity index (χ0n) is 32.7. The van der Waals surface area contributed by atoms with Gasteiger partial charge in [-0.3, -0.25) is 14.4 Å². The van der Waals surface area contributed by atoms with E-state index in [1.165, 1.54) is 23.1 Å². The van der Waals surface area contributed by atoms with E-state index >= 15 is 0 Å². The predicted molar refractivity (Wildman–Crippen MR) is 202 cm³/mol. The van der Waals surface area contributed by atoms with Gasteiger partial charge in [0.05, 0.1) is 22.5 Å². The summed E-state index contributed by atoms with van der Waals surface area (Å²) in [5.74, 6) is -2.96. The molecule has 58 heavy (non-hydrogen) atoms. The van der Waals surface area contributed by atoms with Crippen LogP contribution in [-0.2, 0) is 35.6 Å². The van der Waals surface area contributed by atoms with Crippen molar-refractivity contribution < 1.29 is 55.0 Å². The second-order valence-electron chi connectivity index (χ2n) is 17.0. The normalized spacial score (nSPS) is 30.7. The summed E-state index contributed by atoms with van der Waals surface area (Å²) in [7, 11) is -4.16. The van der Waals surface area contributed by atoms with E-state index in [2.05, 4.69) is 20.4 Å². The smallest absolute Gasteiger partial charge is 0.483 e. The maximum absolute atomic E-state index is 14.8. The maximum Gasteiger partial charge on any atom is 0.573 e. The molecule has 2 spiro atoms. The van der Waals surface area contributed by atoms with E-state index in [0.717, 1.165) is 30.0 Å². The molecule has 2 N–H and O–H groups in total. The summed E-state index contributed by atoms with van der Waals surface area (Å²) in [6.45, 7) is 4.83. The highest BCUT2D eigenvalue weighted by atomic mass is 32.2. The lowest BCUT2D eigenvalue weighted by Crippen LogP contribution is -2.57. The first-order valence-corrected chi connectivity index (χ1v) is 21.5. The summed E-state index contributed by atoms with van der Waals surface area (Å²) >= 11 is 0. The van der Waals surface area contributed by atoms with E-state index < -0.39 is 80.0 Å². The van der Waals surface area contributed by atoms with Crippen LogP contribution < -0.4 is 20.1 Å². The molecular weight excluding hydrogens is 784 g/mol. The Morgan fingerprint density at radius 3 is 2.52 bits per heavy atom. The molecule has 2 aliphatic carbocycles. The van der Waals surface area contributed by atoms with Gasteiger partial charge in [0.25, 0.3) is 5.91 Å². The average Bonchev–Trinajstić information content (AvgIpc) is 3.99. The third-order valence-corrected chi connectivity index (χ3v) is 15.4. The molecule has 6 aliphatic rings. The quantitative estimate of drug-likeness (QED) is 0.292. The molecule has 1 aromatic carbocycles. The van der Waals surface area contributed by atoms with Gasteiger partial charge >= 0.3 is 12.5 Å². The number of sulfonamides is 1. The van der Waals surface area contributed by atoms with Gasteiger partial charge in [0.2, 0.25) is 27.5 Å². The van der Waals surface area contributed by atoms with Crippen LogP contribution >= 0.6 is 0 Å². The number of aryl methyl sites for hydroxylation is 2. The van der Waals surface area contributed by atoms with Crippen molar-refractivity contribution in [3.05, 3.63) is 41.6 Å². The van der Waals surface area contributed by atoms with Crippen molar-refractivity contribution >= 4 is 44.7 Å². The standard InChI is InChI=1S/C40H48F3N5O9S/c1-23-10-7-5-4-6-8-13-30(45-36(52)55-25-11-9-12-25)34(50)47-22-38(21-31(47)33(49)46-39(23)35(51)48(39)58(53,54)37(3)18-19-37)17-16-27-28-20-26(56-40(41,42)43)14-15-29(28)44-24(2)32(27)57-38/h7,10,14-15,20,23,25,30-31H,4-6,8-9,11-13,16-19,21-22H2,1-3H3,(H,45,52)(H,46,49)/b10-7-/t23-,30-,31-,38+,39-,48?/m0/s1. The van der Waals surface area contributed by atoms with Gasteiger partial charge in [-0.25, -0.2) is 22.5 Å². The fourth-order valence-corrected chi connectivity index (χ4v) is 10.9. The number of benzene rings is 1. The maximum atomic E-state index is 14.8. The summed E-state index contributed by atoms with van der Waals surface area (Å²) in [5.41, 5.74) is -1.64. The number of ether oxygens (including phenoxy) is 3. The molecular formula is C40H48F3N5O9S. The van der Waals surface area contributed by atoms with Crippen molar-refractivity contribution in [2.24, 2.45) is 5.92 Å². The van der Waals surface area contributed by atoms with E-state index in [4.69, 9.17) is 9.47 Å². The van der Waals surface area contributed by atoms with Crippen LogP contribution in [0.3, 0.4) is 0 Å². The fraction of sp³-hybridized carbons (Fsp3) is 0.625. The van der Waals surface area contributed by atoms with Crippen molar-refractivity contribution in [3.63, 3.8) is 0 Å². The number of carbonyl (C=O) groups excluding carboxylic acids is 4. The SMILES string of the molecule is Cc1nc2ccc(OC(F)(F)F)cc2c2c1O[C@]1(CC2)C[C@H]2C(=O)N[C@@]3(C(=O)N3S(=O)(=O)C3(C)CC3)[C@@H](C)/C=C\CCCCC[C@H](NC(=O)OC3CCC3)C(=O)N2C1. The van der Waals surface area contributed by atoms with Crippen molar-refractivity contribution in [1.29, 1.82) is 0 Å². The van der Waals surface area contributed by atoms with Crippen LogP contribution in [0.5, 0.6) is 11.5 Å². The zero-order valence-corrected chi connectivity index (χ0v) is 33.5. The van der Waals surface area contributed by atoms with Gasteiger partial charge in [-0.15, -0.1) is 13.2 Å². The van der Waals surface area contributed by atoms with E-state index in [0.29, 0.717) is 60.0 Å². The molecule has 5 heterocycles. The number of fused-ring (bicyclic) bond motifs is 4. The molecule has 314 valence electrons. The molecule has 2 aromatic rings. The summed E-state index contributed by atoms with van der Waals surface area (Å²) in [6.07, 6.45) is 4.13. The van der Waals surface area contributed by atoms with Gasteiger partial charge in [-0.05, 0) is 96.3 Å². The number of nitrogens with one attached hydrogen (secondary N) is 2. The Balaban J connectivity index is 1.15. The summed E-state index contributed by atoms with van der Waals surface area (Å²) < 4.78 is 83.3. The molecule has 0 radical (unpaired) electrons. The molecule has 4 aliphatic heterocycles. The number of halogens is 3. The van der Waals surface area contributed by atoms with E-state index in [1.54, 1.807) is 26.8 Å². The molecule has 8 rings (SSSR count). The highest BCUT2D eigenvalue weighted by Crippen LogP contribution is 2.53. The number of hydrogen-bond donors (Lipinski definition) is 2. The summed E-state index contributed by atoms with van der Waals surface area (Å²) in [6, 6.07) is 1.54. The number of alkyl carbamates (subject to hydrolysis) is 1. The Hall–Kier alpha value is -4.61. The number of nitrogens with zero attached hydrogens (tertiary/aromatic N) is 3. The molecule has 5 atom stereocenters. The van der Waals surface area contributed by atoms with E-state index in [1.807, 2.05) is 6.08 Å². The first kappa shape index (κ1) is 40.2. The predicted octanol–water partition coefficient (Wildman–Crippen LogP) is 5.45. The van der Waals surface area contributed by atoms with Crippen LogP contribution in [0.1, 0.15) is 102 Å². The van der Waals surface area contributed by atoms with Crippen molar-refractivity contribution in [2.45, 2.75) is 145 Å². The summed E-state index contributed by atoms with van der Waals surface area (Å²) in [5, 5.41) is 5.96. The van der Waals surface area contributed by atoms with Crippen LogP contribution in [0, 0.1) is 12.8 Å². The Bertz CT molecular complexity index is 2190. The van der Waals surface area contributed by atoms with Gasteiger partial charge in [-0.1, -0.05) is 31.9 Å². The summed E-state index contributed by atoms with van der Waals surface area (Å²) in [4.78, 5) is 62.4. The lowest BCUT2D eigenvalue weighted by atomic mass is 9.87. The molecule has 4 fully saturated rings. The second-order valence-corrected chi connectivity index (χ2v) is 19.3. The lowest BCUT2D eigenvalue weighted by molar-refractivity contribution is -0.274. The minimum atomic E-state index is -4.91. The Morgan fingerprint density at radius 1 is 1.07 bits per heavy atom. The van der Waals surface area contributed by atoms with Crippen LogP contribution in [0.2, 0.25) is 0 Å². The van der Waals surface area contributed by atoms with Crippen molar-refractivity contribution in [3.8, 4) is 11.5 Å². The second kappa shape index (κ2) is 14.3. The monoisotopic (exact) mass is 831 g/mol. The van der Waals surface area contributed by atoms with Gasteiger partial charge in [0.15, 0.2) is 0 Å². The van der Waals surface area contributed by atoms with Gasteiger partial charge in [-0.2, -0.15) is 0 Å². The Kier molecular flexibility index (Phi) is 9.90. The minimum Gasteiger partial charge on any atom is -0.483 e. The zero-order chi connectivity index (χ0) is 41.4. The molecule has 0 bridgehead atoms. The van der Waals surface area contributed by atoms with Crippen LogP contribution in [0.4, 0.5) is 18.0 Å². The van der Waals surface area contributed by atoms with E-state index in [9.17, 15) is 40.8 Å². The van der Waals surface area contributed by atoms with Crippen LogP contribution in [0.15, 0.2) is 30.4 Å². The number of amides is 4. The first-order valence-electron chi connectivity index (χ1n) is 20.1. The minimum absolute atomic E-state index is 0.0725.